The van der Waals surface area contributed by atoms with Gasteiger partial charge in [0.15, 0.2) is 0 Å². The minimum Gasteiger partial charge on any atom is -0.397 e. The Hall–Kier alpha value is -1.62. The van der Waals surface area contributed by atoms with Crippen molar-refractivity contribution in [2.45, 2.75) is 38.5 Å². The number of likely N-dealkylation sites (tertiary alicyclic amines) is 1. The number of nitrogens with two attached hydrogens (primary N) is 1. The highest BCUT2D eigenvalue weighted by atomic mass is 19.1. The van der Waals surface area contributed by atoms with Gasteiger partial charge in [0, 0.05) is 13.0 Å². The third-order valence-electron chi connectivity index (χ3n) is 3.89. The number of benzene rings is 1. The summed E-state index contributed by atoms with van der Waals surface area (Å²) < 4.78 is 12.9. The van der Waals surface area contributed by atoms with Gasteiger partial charge >= 0.3 is 0 Å². The fourth-order valence-electron chi connectivity index (χ4n) is 2.66. The van der Waals surface area contributed by atoms with Crippen LogP contribution < -0.4 is 11.1 Å². The average molecular weight is 293 g/mol. The highest BCUT2D eigenvalue weighted by Crippen LogP contribution is 2.19. The molecule has 0 atom stereocenters. The van der Waals surface area contributed by atoms with E-state index in [1.54, 1.807) is 0 Å². The normalized spacial score (nSPS) is 17.0. The molecule has 0 aliphatic carbocycles. The third kappa shape index (κ3) is 5.34. The maximum Gasteiger partial charge on any atom is 0.225 e. The first-order chi connectivity index (χ1) is 10.1. The van der Waals surface area contributed by atoms with E-state index in [4.69, 9.17) is 5.73 Å². The zero-order valence-electron chi connectivity index (χ0n) is 12.4. The van der Waals surface area contributed by atoms with Crippen LogP contribution in [0.4, 0.5) is 15.8 Å². The second-order valence-electron chi connectivity index (χ2n) is 5.64. The molecule has 1 heterocycles. The first kappa shape index (κ1) is 15.8. The van der Waals surface area contributed by atoms with Crippen LogP contribution in [0.3, 0.4) is 0 Å². The molecular formula is C16H24FN3O. The molecule has 1 aliphatic heterocycles. The lowest BCUT2D eigenvalue weighted by Crippen LogP contribution is -2.30. The average Bonchev–Trinajstić information content (AvgIpc) is 2.41. The molecule has 1 fully saturated rings. The van der Waals surface area contributed by atoms with Crippen LogP contribution in [0.1, 0.15) is 38.5 Å². The summed E-state index contributed by atoms with van der Waals surface area (Å²) in [4.78, 5) is 14.3. The van der Waals surface area contributed by atoms with E-state index in [0.717, 1.165) is 19.6 Å². The van der Waals surface area contributed by atoms with E-state index < -0.39 is 5.82 Å². The van der Waals surface area contributed by atoms with Crippen molar-refractivity contribution in [1.82, 2.24) is 4.90 Å². The van der Waals surface area contributed by atoms with Crippen LogP contribution in [0.2, 0.25) is 0 Å². The second-order valence-corrected chi connectivity index (χ2v) is 5.64. The molecule has 0 spiro atoms. The van der Waals surface area contributed by atoms with E-state index in [0.29, 0.717) is 12.1 Å². The molecule has 4 nitrogen and oxygen atoms in total. The Bertz CT molecular complexity index is 471. The molecule has 21 heavy (non-hydrogen) atoms. The van der Waals surface area contributed by atoms with E-state index in [-0.39, 0.29) is 11.6 Å². The van der Waals surface area contributed by atoms with Gasteiger partial charge in [-0.25, -0.2) is 4.39 Å². The minimum atomic E-state index is -0.397. The zero-order valence-corrected chi connectivity index (χ0v) is 12.4. The van der Waals surface area contributed by atoms with Gasteiger partial charge in [-0.05, 0) is 44.1 Å². The number of nitrogens with one attached hydrogen (secondary N) is 1. The Balaban J connectivity index is 1.78. The van der Waals surface area contributed by atoms with Crippen molar-refractivity contribution in [2.24, 2.45) is 0 Å². The first-order valence-corrected chi connectivity index (χ1v) is 7.72. The van der Waals surface area contributed by atoms with Gasteiger partial charge in [-0.3, -0.25) is 4.79 Å². The summed E-state index contributed by atoms with van der Waals surface area (Å²) in [6.45, 7) is 2.92. The Labute approximate surface area is 125 Å². The molecule has 1 aliphatic rings. The predicted octanol–water partition coefficient (Wildman–Crippen LogP) is 3.00. The van der Waals surface area contributed by atoms with Crippen molar-refractivity contribution in [3.63, 3.8) is 0 Å². The Morgan fingerprint density at radius 3 is 2.52 bits per heavy atom. The van der Waals surface area contributed by atoms with Gasteiger partial charge in [-0.1, -0.05) is 19.3 Å². The van der Waals surface area contributed by atoms with Crippen LogP contribution in [0.15, 0.2) is 18.2 Å². The van der Waals surface area contributed by atoms with Gasteiger partial charge in [-0.2, -0.15) is 0 Å². The van der Waals surface area contributed by atoms with Gasteiger partial charge in [0.25, 0.3) is 0 Å². The molecule has 0 aromatic heterocycles. The van der Waals surface area contributed by atoms with Crippen LogP contribution in [-0.2, 0) is 4.79 Å². The van der Waals surface area contributed by atoms with Crippen LogP contribution in [-0.4, -0.2) is 30.4 Å². The van der Waals surface area contributed by atoms with Crippen LogP contribution >= 0.6 is 0 Å². The van der Waals surface area contributed by atoms with Gasteiger partial charge < -0.3 is 16.0 Å². The number of carbonyl (C=O) groups is 1. The fourth-order valence-corrected chi connectivity index (χ4v) is 2.66. The topological polar surface area (TPSA) is 58.4 Å². The monoisotopic (exact) mass is 293 g/mol. The largest absolute Gasteiger partial charge is 0.397 e. The summed E-state index contributed by atoms with van der Waals surface area (Å²) in [5.74, 6) is -0.471. The molecule has 3 N–H and O–H groups in total. The first-order valence-electron chi connectivity index (χ1n) is 7.72. The molecule has 5 heteroatoms. The molecule has 1 aromatic carbocycles. The molecule has 2 rings (SSSR count). The maximum absolute atomic E-state index is 12.9. The summed E-state index contributed by atoms with van der Waals surface area (Å²) in [5.41, 5.74) is 6.42. The number of anilines is 2. The lowest BCUT2D eigenvalue weighted by atomic mass is 10.1. The molecule has 1 saturated heterocycles. The minimum absolute atomic E-state index is 0.0737. The smallest absolute Gasteiger partial charge is 0.225 e. The molecule has 0 radical (unpaired) electrons. The lowest BCUT2D eigenvalue weighted by molar-refractivity contribution is -0.116. The number of rotatable bonds is 4. The summed E-state index contributed by atoms with van der Waals surface area (Å²) in [7, 11) is 0. The highest BCUT2D eigenvalue weighted by molar-refractivity contribution is 5.93. The molecule has 116 valence electrons. The van der Waals surface area contributed by atoms with E-state index in [1.807, 2.05) is 0 Å². The Morgan fingerprint density at radius 2 is 1.86 bits per heavy atom. The summed E-state index contributed by atoms with van der Waals surface area (Å²) in [6, 6.07) is 4.01. The highest BCUT2D eigenvalue weighted by Gasteiger charge is 2.11. The van der Waals surface area contributed by atoms with E-state index in [2.05, 4.69) is 10.2 Å². The summed E-state index contributed by atoms with van der Waals surface area (Å²) in [5, 5.41) is 2.75. The van der Waals surface area contributed by atoms with E-state index >= 15 is 0 Å². The van der Waals surface area contributed by atoms with Crippen LogP contribution in [0, 0.1) is 5.82 Å². The fraction of sp³-hybridized carbons (Fsp3) is 0.562. The van der Waals surface area contributed by atoms with Crippen molar-refractivity contribution >= 4 is 17.3 Å². The quantitative estimate of drug-likeness (QED) is 0.839. The van der Waals surface area contributed by atoms with Crippen LogP contribution in [0.25, 0.3) is 0 Å². The molecule has 1 amide bonds. The number of nitrogens with zero attached hydrogens (tertiary/aromatic N) is 1. The maximum atomic E-state index is 12.9. The number of amides is 1. The van der Waals surface area contributed by atoms with E-state index in [9.17, 15) is 9.18 Å². The van der Waals surface area contributed by atoms with Gasteiger partial charge in [-0.15, -0.1) is 0 Å². The second kappa shape index (κ2) is 7.98. The standard InChI is InChI=1S/C16H24FN3O/c17-13-6-7-15(14(18)12-13)19-16(21)8-11-20-9-4-2-1-3-5-10-20/h6-7,12H,1-5,8-11,18H2,(H,19,21). The van der Waals surface area contributed by atoms with Crippen molar-refractivity contribution < 1.29 is 9.18 Å². The summed E-state index contributed by atoms with van der Waals surface area (Å²) >= 11 is 0. The molecule has 0 saturated carbocycles. The lowest BCUT2D eigenvalue weighted by Gasteiger charge is -2.24. The van der Waals surface area contributed by atoms with Gasteiger partial charge in [0.1, 0.15) is 5.82 Å². The Kier molecular flexibility index (Phi) is 5.99. The Morgan fingerprint density at radius 1 is 1.19 bits per heavy atom. The molecule has 1 aromatic rings. The predicted molar refractivity (Wildman–Crippen MR) is 83.6 cm³/mol. The van der Waals surface area contributed by atoms with E-state index in [1.165, 1.54) is 50.3 Å². The van der Waals surface area contributed by atoms with Gasteiger partial charge in [0.05, 0.1) is 11.4 Å². The summed E-state index contributed by atoms with van der Waals surface area (Å²) in [6.07, 6.45) is 6.78. The zero-order chi connectivity index (χ0) is 15.1. The van der Waals surface area contributed by atoms with Crippen molar-refractivity contribution in [2.75, 3.05) is 30.7 Å². The number of hydrogen-bond donors (Lipinski definition) is 2. The van der Waals surface area contributed by atoms with Crippen LogP contribution in [0.5, 0.6) is 0 Å². The molecule has 0 unspecified atom stereocenters. The number of nitrogen functional groups attached to an aromatic ring is 1. The molecular weight excluding hydrogens is 269 g/mol. The van der Waals surface area contributed by atoms with Crippen molar-refractivity contribution in [3.8, 4) is 0 Å². The van der Waals surface area contributed by atoms with Crippen molar-refractivity contribution in [1.29, 1.82) is 0 Å². The van der Waals surface area contributed by atoms with Gasteiger partial charge in [0.2, 0.25) is 5.91 Å². The SMILES string of the molecule is Nc1cc(F)ccc1NC(=O)CCN1CCCCCCC1. The number of hydrogen-bond acceptors (Lipinski definition) is 3. The van der Waals surface area contributed by atoms with Crippen molar-refractivity contribution in [3.05, 3.63) is 24.0 Å². The number of carbonyl (C=O) groups excluding carboxylic acids is 1. The number of halogens is 1. The third-order valence-corrected chi connectivity index (χ3v) is 3.89. The molecule has 0 bridgehead atoms.